The molecule has 2 aliphatic heterocycles. The Bertz CT molecular complexity index is 860. The molecule has 2 saturated heterocycles. The van der Waals surface area contributed by atoms with Crippen LogP contribution in [0.3, 0.4) is 0 Å². The maximum absolute atomic E-state index is 12.8. The average Bonchev–Trinajstić information content (AvgIpc) is 3.00. The van der Waals surface area contributed by atoms with Crippen molar-refractivity contribution in [1.29, 1.82) is 0 Å². The lowest BCUT2D eigenvalue weighted by molar-refractivity contribution is -0.156. The summed E-state index contributed by atoms with van der Waals surface area (Å²) in [4.78, 5) is 26.5. The van der Waals surface area contributed by atoms with Gasteiger partial charge in [0.1, 0.15) is 12.0 Å². The van der Waals surface area contributed by atoms with E-state index in [-0.39, 0.29) is 6.42 Å². The Balaban J connectivity index is 1.95. The normalized spacial score (nSPS) is 36.6. The minimum atomic E-state index is -2.43. The Morgan fingerprint density at radius 1 is 1.32 bits per heavy atom. The predicted molar refractivity (Wildman–Crippen MR) is 80.3 cm³/mol. The molecule has 4 atom stereocenters. The summed E-state index contributed by atoms with van der Waals surface area (Å²) >= 11 is 0. The number of carbonyl (C=O) groups is 2. The van der Waals surface area contributed by atoms with Crippen molar-refractivity contribution in [2.45, 2.75) is 37.5 Å². The molecule has 2 bridgehead atoms. The fourth-order valence-corrected chi connectivity index (χ4v) is 3.27. The monoisotopic (exact) mass is 311 g/mol. The number of carbonyl (C=O) groups excluding carboxylic acids is 2. The smallest absolute Gasteiger partial charge is 0.338 e. The fraction of sp³-hybridized carbons (Fsp3) is 0.529. The highest BCUT2D eigenvalue weighted by Crippen LogP contribution is 2.40. The number of nitrogens with zero attached hydrogens (tertiary/aromatic N) is 1. The van der Waals surface area contributed by atoms with Crippen molar-refractivity contribution in [3.8, 4) is 0 Å². The molecule has 2 aliphatic rings. The van der Waals surface area contributed by atoms with E-state index in [1.165, 1.54) is 4.90 Å². The largest absolute Gasteiger partial charge is 0.469 e. The van der Waals surface area contributed by atoms with Crippen LogP contribution in [-0.2, 0) is 14.3 Å². The zero-order chi connectivity index (χ0) is 22.5. The van der Waals surface area contributed by atoms with Crippen LogP contribution in [0.5, 0.6) is 0 Å². The van der Waals surface area contributed by atoms with Crippen molar-refractivity contribution < 1.29 is 30.0 Å². The molecule has 0 radical (unpaired) electrons. The summed E-state index contributed by atoms with van der Waals surface area (Å²) in [5.74, 6) is -2.95. The molecule has 0 unspecified atom stereocenters. The Labute approximate surface area is 141 Å². The Morgan fingerprint density at radius 2 is 2.09 bits per heavy atom. The van der Waals surface area contributed by atoms with Gasteiger partial charge in [-0.3, -0.25) is 9.69 Å². The van der Waals surface area contributed by atoms with Gasteiger partial charge in [-0.25, -0.2) is 4.79 Å². The number of hydrogen-bond donors (Lipinski definition) is 0. The van der Waals surface area contributed by atoms with Gasteiger partial charge in [-0.2, -0.15) is 0 Å². The molecule has 5 nitrogen and oxygen atoms in total. The van der Waals surface area contributed by atoms with Crippen LogP contribution in [0.4, 0.5) is 0 Å². The molecule has 0 saturated carbocycles. The molecule has 2 fully saturated rings. The molecule has 0 aliphatic carbocycles. The van der Waals surface area contributed by atoms with Crippen LogP contribution in [0.15, 0.2) is 30.2 Å². The molecular weight excluding hydrogens is 282 g/mol. The van der Waals surface area contributed by atoms with Gasteiger partial charge in [0, 0.05) is 22.6 Å². The van der Waals surface area contributed by atoms with Crippen LogP contribution in [0.2, 0.25) is 0 Å². The number of fused-ring (bicyclic) bond motifs is 2. The average molecular weight is 311 g/mol. The highest BCUT2D eigenvalue weighted by atomic mass is 16.6. The number of ether oxygens (including phenoxy) is 2. The molecule has 118 valence electrons. The fourth-order valence-electron chi connectivity index (χ4n) is 3.27. The highest BCUT2D eigenvalue weighted by molar-refractivity contribution is 5.89. The van der Waals surface area contributed by atoms with Crippen molar-refractivity contribution in [3.05, 3.63) is 35.8 Å². The SMILES string of the molecule is [2H]c1c([2H])c([2H])c(C(=O)O[C@H]2C[C@@H]3CC[C@H]([C@H]2C(=O)OC)N3C([2H])([2H])[2H])c([2H])c1[2H]. The summed E-state index contributed by atoms with van der Waals surface area (Å²) in [6.07, 6.45) is -0.0805. The second kappa shape index (κ2) is 6.08. The number of piperidine rings is 1. The van der Waals surface area contributed by atoms with E-state index in [1.807, 2.05) is 0 Å². The third-order valence-corrected chi connectivity index (χ3v) is 4.30. The molecule has 1 aromatic carbocycles. The first-order chi connectivity index (χ1) is 13.9. The Kier molecular flexibility index (Phi) is 2.24. The van der Waals surface area contributed by atoms with Gasteiger partial charge in [-0.15, -0.1) is 0 Å². The summed E-state index contributed by atoms with van der Waals surface area (Å²) in [7, 11) is 1.15. The highest BCUT2D eigenvalue weighted by Gasteiger charge is 2.50. The first kappa shape index (κ1) is 8.11. The molecule has 2 heterocycles. The van der Waals surface area contributed by atoms with Gasteiger partial charge >= 0.3 is 11.9 Å². The lowest BCUT2D eigenvalue weighted by Gasteiger charge is -2.40. The van der Waals surface area contributed by atoms with E-state index < -0.39 is 78.8 Å². The van der Waals surface area contributed by atoms with Crippen LogP contribution in [0.25, 0.3) is 0 Å². The summed E-state index contributed by atoms with van der Waals surface area (Å²) in [6, 6.07) is -4.57. The predicted octanol–water partition coefficient (Wildman–Crippen LogP) is 1.87. The topological polar surface area (TPSA) is 55.8 Å². The van der Waals surface area contributed by atoms with E-state index in [0.29, 0.717) is 12.8 Å². The molecule has 5 heteroatoms. The number of esters is 2. The molecule has 0 spiro atoms. The third kappa shape index (κ3) is 2.61. The van der Waals surface area contributed by atoms with Gasteiger partial charge in [0.2, 0.25) is 0 Å². The van der Waals surface area contributed by atoms with Crippen molar-refractivity contribution in [1.82, 2.24) is 4.90 Å². The van der Waals surface area contributed by atoms with Crippen molar-refractivity contribution >= 4 is 11.9 Å². The number of methoxy groups -OCH3 is 1. The minimum Gasteiger partial charge on any atom is -0.469 e. The zero-order valence-electron chi connectivity index (χ0n) is 20.0. The maximum Gasteiger partial charge on any atom is 0.338 e. The van der Waals surface area contributed by atoms with E-state index >= 15 is 0 Å². The van der Waals surface area contributed by atoms with Crippen LogP contribution in [0.1, 0.15) is 40.6 Å². The third-order valence-electron chi connectivity index (χ3n) is 4.30. The van der Waals surface area contributed by atoms with E-state index in [2.05, 4.69) is 0 Å². The van der Waals surface area contributed by atoms with Crippen LogP contribution in [-0.4, -0.2) is 49.1 Å². The molecule has 0 N–H and O–H groups in total. The van der Waals surface area contributed by atoms with Crippen molar-refractivity contribution in [2.24, 2.45) is 5.92 Å². The summed E-state index contributed by atoms with van der Waals surface area (Å²) in [5.41, 5.74) is -0.629. The van der Waals surface area contributed by atoms with E-state index in [9.17, 15) is 9.59 Å². The van der Waals surface area contributed by atoms with Gasteiger partial charge < -0.3 is 9.47 Å². The van der Waals surface area contributed by atoms with Gasteiger partial charge in [0.25, 0.3) is 0 Å². The quantitative estimate of drug-likeness (QED) is 0.798. The molecule has 0 amide bonds. The summed E-state index contributed by atoms with van der Waals surface area (Å²) < 4.78 is 72.4. The van der Waals surface area contributed by atoms with Crippen LogP contribution < -0.4 is 0 Å². The zero-order valence-corrected chi connectivity index (χ0v) is 12.0. The second-order valence-corrected chi connectivity index (χ2v) is 5.43. The molecule has 3 rings (SSSR count). The maximum atomic E-state index is 12.8. The van der Waals surface area contributed by atoms with Crippen LogP contribution >= 0.6 is 0 Å². The minimum absolute atomic E-state index is 0.0546. The first-order valence-corrected chi connectivity index (χ1v) is 7.04. The van der Waals surface area contributed by atoms with E-state index in [4.69, 9.17) is 20.4 Å². The Hall–Kier alpha value is -1.88. The van der Waals surface area contributed by atoms with E-state index in [1.54, 1.807) is 0 Å². The molecule has 0 aromatic heterocycles. The molecule has 22 heavy (non-hydrogen) atoms. The number of hydrogen-bond acceptors (Lipinski definition) is 5. The first-order valence-electron chi connectivity index (χ1n) is 11.0. The standard InChI is InChI=1S/C17H21NO4/c1-18-12-8-9-13(18)15(17(20)21-2)14(10-12)22-16(19)11-6-4-3-5-7-11/h3-7,12-15H,8-10H2,1-2H3/t12-,13+,14-,15+/m0/s1/i1D3,3D,4D,5D,6D,7D. The van der Waals surface area contributed by atoms with Crippen LogP contribution in [0, 0.1) is 5.92 Å². The van der Waals surface area contributed by atoms with Gasteiger partial charge in [-0.1, -0.05) is 18.1 Å². The van der Waals surface area contributed by atoms with Gasteiger partial charge in [-0.05, 0) is 31.9 Å². The van der Waals surface area contributed by atoms with E-state index in [0.717, 1.165) is 7.11 Å². The van der Waals surface area contributed by atoms with Crippen molar-refractivity contribution in [2.75, 3.05) is 14.1 Å². The lowest BCUT2D eigenvalue weighted by Crippen LogP contribution is -2.53. The molecular formula is C17H21NO4. The lowest BCUT2D eigenvalue weighted by atomic mass is 9.87. The summed E-state index contributed by atoms with van der Waals surface area (Å²) in [6.45, 7) is -2.43. The van der Waals surface area contributed by atoms with Gasteiger partial charge in [0.15, 0.2) is 0 Å². The Morgan fingerprint density at radius 3 is 2.77 bits per heavy atom. The van der Waals surface area contributed by atoms with Gasteiger partial charge in [0.05, 0.1) is 19.5 Å². The van der Waals surface area contributed by atoms with Crippen molar-refractivity contribution in [3.63, 3.8) is 0 Å². The number of rotatable bonds is 3. The number of benzene rings is 1. The molecule has 1 aromatic rings. The summed E-state index contributed by atoms with van der Waals surface area (Å²) in [5, 5.41) is 0. The second-order valence-electron chi connectivity index (χ2n) is 5.43.